The largest absolute Gasteiger partial charge is 0.324 e. The molecule has 1 aliphatic rings. The van der Waals surface area contributed by atoms with Crippen molar-refractivity contribution < 1.29 is 4.39 Å². The summed E-state index contributed by atoms with van der Waals surface area (Å²) in [5.74, 6) is -0.201. The van der Waals surface area contributed by atoms with Crippen LogP contribution in [0.1, 0.15) is 37.8 Å². The molecule has 17 heavy (non-hydrogen) atoms. The van der Waals surface area contributed by atoms with Gasteiger partial charge in [-0.15, -0.1) is 0 Å². The molecule has 1 aliphatic carbocycles. The van der Waals surface area contributed by atoms with Crippen LogP contribution >= 0.6 is 0 Å². The Bertz CT molecular complexity index is 363. The van der Waals surface area contributed by atoms with E-state index in [4.69, 9.17) is 5.73 Å². The zero-order chi connectivity index (χ0) is 12.3. The van der Waals surface area contributed by atoms with E-state index < -0.39 is 0 Å². The van der Waals surface area contributed by atoms with E-state index in [9.17, 15) is 4.39 Å². The van der Waals surface area contributed by atoms with E-state index in [-0.39, 0.29) is 11.9 Å². The molecule has 2 N–H and O–H groups in total. The van der Waals surface area contributed by atoms with Crippen LogP contribution in [0, 0.1) is 5.82 Å². The van der Waals surface area contributed by atoms with Gasteiger partial charge in [-0.25, -0.2) is 4.39 Å². The minimum Gasteiger partial charge on any atom is -0.324 e. The Labute approximate surface area is 103 Å². The quantitative estimate of drug-likeness (QED) is 0.823. The predicted molar refractivity (Wildman–Crippen MR) is 68.2 cm³/mol. The second-order valence-corrected chi connectivity index (χ2v) is 4.81. The topological polar surface area (TPSA) is 29.3 Å². The van der Waals surface area contributed by atoms with Crippen molar-refractivity contribution in [3.8, 4) is 0 Å². The van der Waals surface area contributed by atoms with Crippen LogP contribution in [-0.4, -0.2) is 24.0 Å². The molecule has 0 heterocycles. The summed E-state index contributed by atoms with van der Waals surface area (Å²) in [5.41, 5.74) is 6.99. The SMILES string of the molecule is CCN(CCC(N)c1cccc(F)c1)C1CC1. The van der Waals surface area contributed by atoms with Gasteiger partial charge in [-0.2, -0.15) is 0 Å². The maximum absolute atomic E-state index is 13.1. The van der Waals surface area contributed by atoms with Crippen molar-refractivity contribution in [2.75, 3.05) is 13.1 Å². The first kappa shape index (κ1) is 12.5. The fraction of sp³-hybridized carbons (Fsp3) is 0.571. The summed E-state index contributed by atoms with van der Waals surface area (Å²) in [6, 6.07) is 7.35. The molecule has 1 aromatic carbocycles. The Morgan fingerprint density at radius 1 is 1.47 bits per heavy atom. The number of halogens is 1. The smallest absolute Gasteiger partial charge is 0.123 e. The number of rotatable bonds is 6. The number of nitrogens with zero attached hydrogens (tertiary/aromatic N) is 1. The van der Waals surface area contributed by atoms with Crippen LogP contribution < -0.4 is 5.73 Å². The Balaban J connectivity index is 1.85. The van der Waals surface area contributed by atoms with Crippen molar-refractivity contribution in [1.29, 1.82) is 0 Å². The van der Waals surface area contributed by atoms with Gasteiger partial charge in [0, 0.05) is 18.6 Å². The molecule has 1 saturated carbocycles. The molecule has 2 nitrogen and oxygen atoms in total. The van der Waals surface area contributed by atoms with Crippen LogP contribution in [0.25, 0.3) is 0 Å². The molecule has 0 aromatic heterocycles. The molecule has 0 radical (unpaired) electrons. The second-order valence-electron chi connectivity index (χ2n) is 4.81. The van der Waals surface area contributed by atoms with Crippen molar-refractivity contribution >= 4 is 0 Å². The summed E-state index contributed by atoms with van der Waals surface area (Å²) in [7, 11) is 0. The lowest BCUT2D eigenvalue weighted by Crippen LogP contribution is -2.29. The van der Waals surface area contributed by atoms with Crippen LogP contribution in [0.2, 0.25) is 0 Å². The van der Waals surface area contributed by atoms with E-state index >= 15 is 0 Å². The summed E-state index contributed by atoms with van der Waals surface area (Å²) in [5, 5.41) is 0. The Kier molecular flexibility index (Phi) is 4.13. The fourth-order valence-corrected chi connectivity index (χ4v) is 2.25. The van der Waals surface area contributed by atoms with Gasteiger partial charge < -0.3 is 10.6 Å². The van der Waals surface area contributed by atoms with Gasteiger partial charge >= 0.3 is 0 Å². The van der Waals surface area contributed by atoms with Gasteiger partial charge in [-0.3, -0.25) is 0 Å². The van der Waals surface area contributed by atoms with Crippen molar-refractivity contribution in [3.05, 3.63) is 35.6 Å². The number of nitrogens with two attached hydrogens (primary N) is 1. The van der Waals surface area contributed by atoms with E-state index in [1.54, 1.807) is 6.07 Å². The lowest BCUT2D eigenvalue weighted by molar-refractivity contribution is 0.266. The summed E-state index contributed by atoms with van der Waals surface area (Å²) in [4.78, 5) is 2.47. The Hall–Kier alpha value is -0.930. The number of hydrogen-bond acceptors (Lipinski definition) is 2. The first-order valence-corrected chi connectivity index (χ1v) is 6.45. The average Bonchev–Trinajstić information content (AvgIpc) is 3.14. The standard InChI is InChI=1S/C14H21FN2/c1-2-17(13-6-7-13)9-8-14(16)11-4-3-5-12(15)10-11/h3-5,10,13-14H,2,6-9,16H2,1H3. The van der Waals surface area contributed by atoms with Crippen molar-refractivity contribution in [2.24, 2.45) is 5.73 Å². The van der Waals surface area contributed by atoms with E-state index in [2.05, 4.69) is 11.8 Å². The highest BCUT2D eigenvalue weighted by molar-refractivity contribution is 5.19. The molecular weight excluding hydrogens is 215 g/mol. The van der Waals surface area contributed by atoms with Gasteiger partial charge in [0.15, 0.2) is 0 Å². The highest BCUT2D eigenvalue weighted by atomic mass is 19.1. The first-order valence-electron chi connectivity index (χ1n) is 6.45. The summed E-state index contributed by atoms with van der Waals surface area (Å²) in [6.45, 7) is 4.28. The van der Waals surface area contributed by atoms with E-state index in [1.807, 2.05) is 6.07 Å². The van der Waals surface area contributed by atoms with Crippen LogP contribution in [0.3, 0.4) is 0 Å². The molecule has 3 heteroatoms. The molecule has 2 rings (SSSR count). The van der Waals surface area contributed by atoms with Crippen LogP contribution in [-0.2, 0) is 0 Å². The minimum absolute atomic E-state index is 0.0569. The third kappa shape index (κ3) is 3.51. The van der Waals surface area contributed by atoms with Crippen LogP contribution in [0.15, 0.2) is 24.3 Å². The summed E-state index contributed by atoms with van der Waals surface area (Å²) < 4.78 is 13.1. The average molecular weight is 236 g/mol. The fourth-order valence-electron chi connectivity index (χ4n) is 2.25. The zero-order valence-electron chi connectivity index (χ0n) is 10.4. The zero-order valence-corrected chi connectivity index (χ0v) is 10.4. The van der Waals surface area contributed by atoms with E-state index in [0.29, 0.717) is 0 Å². The van der Waals surface area contributed by atoms with E-state index in [1.165, 1.54) is 25.0 Å². The molecule has 0 amide bonds. The Morgan fingerprint density at radius 2 is 2.24 bits per heavy atom. The molecule has 0 bridgehead atoms. The molecule has 94 valence electrons. The molecule has 1 unspecified atom stereocenters. The van der Waals surface area contributed by atoms with Crippen molar-refractivity contribution in [1.82, 2.24) is 4.90 Å². The van der Waals surface area contributed by atoms with Gasteiger partial charge in [-0.05, 0) is 43.5 Å². The van der Waals surface area contributed by atoms with Crippen molar-refractivity contribution in [3.63, 3.8) is 0 Å². The minimum atomic E-state index is -0.201. The molecule has 0 aliphatic heterocycles. The predicted octanol–water partition coefficient (Wildman–Crippen LogP) is 2.70. The van der Waals surface area contributed by atoms with Crippen molar-refractivity contribution in [2.45, 2.75) is 38.3 Å². The second kappa shape index (κ2) is 5.61. The number of benzene rings is 1. The highest BCUT2D eigenvalue weighted by Crippen LogP contribution is 2.27. The number of hydrogen-bond donors (Lipinski definition) is 1. The molecule has 1 aromatic rings. The first-order chi connectivity index (χ1) is 8.20. The maximum atomic E-state index is 13.1. The molecule has 0 spiro atoms. The lowest BCUT2D eigenvalue weighted by Gasteiger charge is -2.22. The van der Waals surface area contributed by atoms with E-state index in [0.717, 1.165) is 31.1 Å². The third-order valence-electron chi connectivity index (χ3n) is 3.47. The van der Waals surface area contributed by atoms with Gasteiger partial charge in [0.2, 0.25) is 0 Å². The lowest BCUT2D eigenvalue weighted by atomic mass is 10.0. The monoisotopic (exact) mass is 236 g/mol. The normalized spacial score (nSPS) is 17.4. The van der Waals surface area contributed by atoms with Gasteiger partial charge in [0.25, 0.3) is 0 Å². The Morgan fingerprint density at radius 3 is 2.82 bits per heavy atom. The summed E-state index contributed by atoms with van der Waals surface area (Å²) >= 11 is 0. The van der Waals surface area contributed by atoms with Gasteiger partial charge in [0.1, 0.15) is 5.82 Å². The van der Waals surface area contributed by atoms with Crippen LogP contribution in [0.4, 0.5) is 4.39 Å². The molecule has 0 saturated heterocycles. The van der Waals surface area contributed by atoms with Gasteiger partial charge in [-0.1, -0.05) is 19.1 Å². The molecule has 1 fully saturated rings. The van der Waals surface area contributed by atoms with Crippen LogP contribution in [0.5, 0.6) is 0 Å². The third-order valence-corrected chi connectivity index (χ3v) is 3.47. The molecular formula is C14H21FN2. The maximum Gasteiger partial charge on any atom is 0.123 e. The highest BCUT2D eigenvalue weighted by Gasteiger charge is 2.27. The van der Waals surface area contributed by atoms with Gasteiger partial charge in [0.05, 0.1) is 0 Å². The summed E-state index contributed by atoms with van der Waals surface area (Å²) in [6.07, 6.45) is 3.54. The molecule has 1 atom stereocenters.